The number of aromatic nitrogens is 4. The van der Waals surface area contributed by atoms with Crippen molar-refractivity contribution in [3.05, 3.63) is 110 Å². The molecule has 3 aromatic heterocycles. The maximum absolute atomic E-state index is 13.6. The van der Waals surface area contributed by atoms with Crippen LogP contribution in [0.2, 0.25) is 0 Å². The van der Waals surface area contributed by atoms with E-state index < -0.39 is 0 Å². The molecule has 0 amide bonds. The van der Waals surface area contributed by atoms with E-state index in [0.717, 1.165) is 38.8 Å². The number of rotatable bonds is 4. The fourth-order valence-electron chi connectivity index (χ4n) is 4.55. The van der Waals surface area contributed by atoms with E-state index in [1.807, 2.05) is 85.8 Å². The summed E-state index contributed by atoms with van der Waals surface area (Å²) in [7, 11) is 0. The van der Waals surface area contributed by atoms with Crippen LogP contribution in [0.1, 0.15) is 22.3 Å². The Hall–Kier alpha value is -4.17. The Morgan fingerprint density at radius 2 is 1.64 bits per heavy atom. The van der Waals surface area contributed by atoms with Gasteiger partial charge in [-0.3, -0.25) is 9.20 Å². The van der Waals surface area contributed by atoms with Gasteiger partial charge in [-0.05, 0) is 67.3 Å². The van der Waals surface area contributed by atoms with Crippen molar-refractivity contribution in [1.82, 2.24) is 19.2 Å². The molecule has 7 nitrogen and oxygen atoms in total. The number of aryl methyl sites for hydroxylation is 3. The van der Waals surface area contributed by atoms with Gasteiger partial charge in [-0.25, -0.2) is 9.36 Å². The maximum Gasteiger partial charge on any atom is 0.336 e. The molecule has 178 valence electrons. The summed E-state index contributed by atoms with van der Waals surface area (Å²) in [5, 5.41) is 11.0. The fraction of sp³-hybridized carbons (Fsp3) is 0.143. The Balaban J connectivity index is 1.54. The molecule has 0 bridgehead atoms. The zero-order valence-corrected chi connectivity index (χ0v) is 20.8. The summed E-state index contributed by atoms with van der Waals surface area (Å²) < 4.78 is 8.96. The number of para-hydroxylation sites is 1. The summed E-state index contributed by atoms with van der Waals surface area (Å²) in [5.41, 5.74) is 5.45. The largest absolute Gasteiger partial charge is 0.423 e. The lowest BCUT2D eigenvalue weighted by atomic mass is 10.1. The highest BCUT2D eigenvalue weighted by Gasteiger charge is 2.19. The first-order chi connectivity index (χ1) is 17.4. The highest BCUT2D eigenvalue weighted by atomic mass is 32.2. The van der Waals surface area contributed by atoms with Crippen LogP contribution in [-0.4, -0.2) is 19.2 Å². The predicted molar refractivity (Wildman–Crippen MR) is 142 cm³/mol. The average molecular weight is 495 g/mol. The van der Waals surface area contributed by atoms with E-state index in [1.165, 1.54) is 17.8 Å². The Morgan fingerprint density at radius 3 is 2.50 bits per heavy atom. The van der Waals surface area contributed by atoms with Gasteiger partial charge in [0.2, 0.25) is 5.78 Å². The van der Waals surface area contributed by atoms with Crippen LogP contribution in [0.5, 0.6) is 0 Å². The predicted octanol–water partition coefficient (Wildman–Crippen LogP) is 5.36. The summed E-state index contributed by atoms with van der Waals surface area (Å²) in [6.07, 6.45) is 0. The third-order valence-corrected chi connectivity index (χ3v) is 7.32. The molecule has 6 aromatic rings. The van der Waals surface area contributed by atoms with Gasteiger partial charge in [0.1, 0.15) is 5.58 Å². The van der Waals surface area contributed by atoms with E-state index in [4.69, 9.17) is 4.42 Å². The quantitative estimate of drug-likeness (QED) is 0.242. The Morgan fingerprint density at radius 1 is 0.861 bits per heavy atom. The number of benzene rings is 3. The van der Waals surface area contributed by atoms with E-state index in [1.54, 1.807) is 4.57 Å². The van der Waals surface area contributed by atoms with Crippen molar-refractivity contribution < 1.29 is 4.42 Å². The zero-order chi connectivity index (χ0) is 25.0. The second kappa shape index (κ2) is 8.49. The first-order valence-corrected chi connectivity index (χ1v) is 12.5. The number of thioether (sulfide) groups is 1. The van der Waals surface area contributed by atoms with Gasteiger partial charge in [0.15, 0.2) is 5.16 Å². The first kappa shape index (κ1) is 22.3. The minimum atomic E-state index is -0.385. The van der Waals surface area contributed by atoms with Crippen molar-refractivity contribution in [2.75, 3.05) is 0 Å². The molecular formula is C28H22N4O3S. The molecule has 6 rings (SSSR count). The van der Waals surface area contributed by atoms with Crippen molar-refractivity contribution in [2.24, 2.45) is 0 Å². The van der Waals surface area contributed by atoms with Gasteiger partial charge in [-0.1, -0.05) is 48.2 Å². The molecule has 3 aromatic carbocycles. The number of hydrogen-bond donors (Lipinski definition) is 0. The third kappa shape index (κ3) is 3.61. The summed E-state index contributed by atoms with van der Waals surface area (Å²) in [4.78, 5) is 25.9. The number of hydrogen-bond acceptors (Lipinski definition) is 6. The van der Waals surface area contributed by atoms with Crippen LogP contribution in [0.25, 0.3) is 33.3 Å². The molecule has 0 aliphatic heterocycles. The van der Waals surface area contributed by atoms with Crippen molar-refractivity contribution in [3.63, 3.8) is 0 Å². The van der Waals surface area contributed by atoms with Crippen molar-refractivity contribution in [3.8, 4) is 5.69 Å². The Bertz CT molecular complexity index is 1930. The number of nitrogens with zero attached hydrogens (tertiary/aromatic N) is 4. The van der Waals surface area contributed by atoms with Crippen molar-refractivity contribution in [2.45, 2.75) is 31.7 Å². The smallest absolute Gasteiger partial charge is 0.336 e. The normalized spacial score (nSPS) is 11.6. The maximum atomic E-state index is 13.6. The average Bonchev–Trinajstić information content (AvgIpc) is 3.28. The second-order valence-corrected chi connectivity index (χ2v) is 9.89. The molecule has 0 saturated heterocycles. The van der Waals surface area contributed by atoms with Gasteiger partial charge in [0.25, 0.3) is 5.56 Å². The van der Waals surface area contributed by atoms with Gasteiger partial charge in [-0.2, -0.15) is 0 Å². The molecule has 0 atom stereocenters. The Labute approximate surface area is 210 Å². The van der Waals surface area contributed by atoms with E-state index in [0.29, 0.717) is 27.7 Å². The SMILES string of the molecule is Cc1ccc(C)c(-n2c(=O)c3ccccc3n3c(SCc4cc(=O)oc5cc(C)ccc45)nnc23)c1. The van der Waals surface area contributed by atoms with Crippen molar-refractivity contribution in [1.29, 1.82) is 0 Å². The van der Waals surface area contributed by atoms with Gasteiger partial charge in [0, 0.05) is 17.2 Å². The molecule has 0 fully saturated rings. The van der Waals surface area contributed by atoms with E-state index >= 15 is 0 Å². The van der Waals surface area contributed by atoms with Gasteiger partial charge < -0.3 is 4.42 Å². The molecule has 0 spiro atoms. The molecular weight excluding hydrogens is 472 g/mol. The summed E-state index contributed by atoms with van der Waals surface area (Å²) >= 11 is 1.46. The molecule has 8 heteroatoms. The molecule has 0 aliphatic rings. The van der Waals surface area contributed by atoms with Crippen LogP contribution in [0.15, 0.2) is 85.9 Å². The van der Waals surface area contributed by atoms with Crippen molar-refractivity contribution >= 4 is 39.4 Å². The minimum Gasteiger partial charge on any atom is -0.423 e. The molecule has 3 heterocycles. The summed E-state index contributed by atoms with van der Waals surface area (Å²) in [6.45, 7) is 5.94. The van der Waals surface area contributed by atoms with Crippen LogP contribution in [0.4, 0.5) is 0 Å². The summed E-state index contributed by atoms with van der Waals surface area (Å²) in [6, 6.07) is 20.9. The molecule has 0 aliphatic carbocycles. The highest BCUT2D eigenvalue weighted by molar-refractivity contribution is 7.98. The summed E-state index contributed by atoms with van der Waals surface area (Å²) in [5.74, 6) is 0.936. The monoisotopic (exact) mass is 494 g/mol. The fourth-order valence-corrected chi connectivity index (χ4v) is 5.48. The molecule has 0 saturated carbocycles. The Kier molecular flexibility index (Phi) is 5.26. The van der Waals surface area contributed by atoms with Crippen LogP contribution in [0, 0.1) is 20.8 Å². The molecule has 36 heavy (non-hydrogen) atoms. The second-order valence-electron chi connectivity index (χ2n) is 8.94. The topological polar surface area (TPSA) is 82.4 Å². The number of fused-ring (bicyclic) bond motifs is 4. The van der Waals surface area contributed by atoms with Crippen LogP contribution in [0.3, 0.4) is 0 Å². The standard InChI is InChI=1S/C28H22N4O3S/c1-16-8-10-18(3)23(12-16)31-26(34)21-6-4-5-7-22(21)32-27(31)29-30-28(32)36-15-19-14-25(33)35-24-13-17(2)9-11-20(19)24/h4-14H,15H2,1-3H3. The van der Waals surface area contributed by atoms with Gasteiger partial charge >= 0.3 is 5.63 Å². The van der Waals surface area contributed by atoms with Crippen LogP contribution in [-0.2, 0) is 5.75 Å². The van der Waals surface area contributed by atoms with E-state index in [9.17, 15) is 9.59 Å². The van der Waals surface area contributed by atoms with Crippen LogP contribution < -0.4 is 11.2 Å². The molecule has 0 radical (unpaired) electrons. The minimum absolute atomic E-state index is 0.141. The third-order valence-electron chi connectivity index (χ3n) is 6.34. The van der Waals surface area contributed by atoms with Crippen LogP contribution >= 0.6 is 11.8 Å². The van der Waals surface area contributed by atoms with E-state index in [-0.39, 0.29) is 11.2 Å². The highest BCUT2D eigenvalue weighted by Crippen LogP contribution is 2.29. The lowest BCUT2D eigenvalue weighted by Gasteiger charge is -2.14. The molecule has 0 N–H and O–H groups in total. The lowest BCUT2D eigenvalue weighted by Crippen LogP contribution is -2.22. The van der Waals surface area contributed by atoms with Gasteiger partial charge in [-0.15, -0.1) is 10.2 Å². The van der Waals surface area contributed by atoms with E-state index in [2.05, 4.69) is 10.2 Å². The van der Waals surface area contributed by atoms with Gasteiger partial charge in [0.05, 0.1) is 16.6 Å². The zero-order valence-electron chi connectivity index (χ0n) is 20.0. The molecule has 0 unspecified atom stereocenters. The lowest BCUT2D eigenvalue weighted by molar-refractivity contribution is 0.559. The first-order valence-electron chi connectivity index (χ1n) is 11.5.